The maximum atomic E-state index is 12.1. The molecule has 0 radical (unpaired) electrons. The maximum Gasteiger partial charge on any atom is 0.249 e. The number of aromatic nitrogens is 2. The van der Waals surface area contributed by atoms with Crippen LogP contribution in [0.25, 0.3) is 0 Å². The van der Waals surface area contributed by atoms with Crippen LogP contribution in [-0.2, 0) is 10.0 Å². The first-order valence-electron chi connectivity index (χ1n) is 4.76. The molecular formula is C9H14N4O2S. The second kappa shape index (κ2) is 5.01. The quantitative estimate of drug-likeness (QED) is 0.712. The Bertz CT molecular complexity index is 486. The van der Waals surface area contributed by atoms with Crippen LogP contribution in [0.3, 0.4) is 0 Å². The van der Waals surface area contributed by atoms with E-state index < -0.39 is 10.0 Å². The van der Waals surface area contributed by atoms with Crippen molar-refractivity contribution in [3.63, 3.8) is 0 Å². The lowest BCUT2D eigenvalue weighted by Crippen LogP contribution is -2.32. The van der Waals surface area contributed by atoms with Crippen molar-refractivity contribution < 1.29 is 8.42 Å². The van der Waals surface area contributed by atoms with E-state index in [-0.39, 0.29) is 17.3 Å². The third kappa shape index (κ3) is 2.35. The SMILES string of the molecule is C#CCN(CCC)S(=O)(=O)c1cn[nH]c1N. The summed E-state index contributed by atoms with van der Waals surface area (Å²) in [5.74, 6) is 2.34. The van der Waals surface area contributed by atoms with Crippen LogP contribution in [0, 0.1) is 12.3 Å². The Morgan fingerprint density at radius 1 is 1.69 bits per heavy atom. The molecule has 1 aromatic heterocycles. The van der Waals surface area contributed by atoms with Crippen molar-refractivity contribution in [1.29, 1.82) is 0 Å². The standard InChI is InChI=1S/C9H14N4O2S/c1-3-5-13(6-4-2)16(14,15)8-7-11-12-9(8)10/h1,7H,4-6H2,2H3,(H3,10,11,12). The molecule has 0 spiro atoms. The number of hydrogen-bond donors (Lipinski definition) is 2. The van der Waals surface area contributed by atoms with Gasteiger partial charge in [0.2, 0.25) is 10.0 Å². The summed E-state index contributed by atoms with van der Waals surface area (Å²) in [5, 5.41) is 5.97. The molecule has 0 saturated carbocycles. The molecule has 88 valence electrons. The highest BCUT2D eigenvalue weighted by Gasteiger charge is 2.26. The molecule has 0 amide bonds. The van der Waals surface area contributed by atoms with E-state index in [1.807, 2.05) is 6.92 Å². The van der Waals surface area contributed by atoms with E-state index in [1.165, 1.54) is 10.5 Å². The Balaban J connectivity index is 3.09. The molecule has 0 saturated heterocycles. The van der Waals surface area contributed by atoms with Gasteiger partial charge in [-0.25, -0.2) is 8.42 Å². The number of hydrogen-bond acceptors (Lipinski definition) is 4. The minimum Gasteiger partial charge on any atom is -0.383 e. The van der Waals surface area contributed by atoms with Gasteiger partial charge in [0.05, 0.1) is 12.7 Å². The molecule has 1 heterocycles. The van der Waals surface area contributed by atoms with Gasteiger partial charge < -0.3 is 5.73 Å². The molecule has 0 aliphatic carbocycles. The van der Waals surface area contributed by atoms with Crippen LogP contribution in [0.4, 0.5) is 5.82 Å². The van der Waals surface area contributed by atoms with E-state index >= 15 is 0 Å². The van der Waals surface area contributed by atoms with Gasteiger partial charge in [-0.1, -0.05) is 12.8 Å². The average Bonchev–Trinajstić information content (AvgIpc) is 2.65. The fraction of sp³-hybridized carbons (Fsp3) is 0.444. The number of nitrogens with zero attached hydrogens (tertiary/aromatic N) is 2. The summed E-state index contributed by atoms with van der Waals surface area (Å²) in [5.41, 5.74) is 5.48. The molecule has 0 aromatic carbocycles. The fourth-order valence-electron chi connectivity index (χ4n) is 1.27. The first-order chi connectivity index (χ1) is 7.54. The Morgan fingerprint density at radius 2 is 2.38 bits per heavy atom. The van der Waals surface area contributed by atoms with E-state index in [0.29, 0.717) is 13.0 Å². The fourth-order valence-corrected chi connectivity index (χ4v) is 2.72. The van der Waals surface area contributed by atoms with Gasteiger partial charge >= 0.3 is 0 Å². The smallest absolute Gasteiger partial charge is 0.249 e. The molecule has 0 fully saturated rings. The van der Waals surface area contributed by atoms with Crippen molar-refractivity contribution in [2.45, 2.75) is 18.2 Å². The minimum atomic E-state index is -3.64. The van der Waals surface area contributed by atoms with Crippen LogP contribution in [0.5, 0.6) is 0 Å². The van der Waals surface area contributed by atoms with Crippen LogP contribution < -0.4 is 5.73 Å². The monoisotopic (exact) mass is 242 g/mol. The number of terminal acetylenes is 1. The predicted molar refractivity (Wildman–Crippen MR) is 60.9 cm³/mol. The second-order valence-electron chi connectivity index (χ2n) is 3.19. The molecule has 0 aliphatic heterocycles. The molecule has 0 atom stereocenters. The maximum absolute atomic E-state index is 12.1. The molecule has 1 aromatic rings. The lowest BCUT2D eigenvalue weighted by molar-refractivity contribution is 0.446. The molecule has 0 aliphatic rings. The first kappa shape index (κ1) is 12.5. The molecule has 0 unspecified atom stereocenters. The number of anilines is 1. The summed E-state index contributed by atoms with van der Waals surface area (Å²) >= 11 is 0. The molecular weight excluding hydrogens is 228 g/mol. The van der Waals surface area contributed by atoms with Crippen LogP contribution in [0.2, 0.25) is 0 Å². The summed E-state index contributed by atoms with van der Waals surface area (Å²) in [6.07, 6.45) is 7.00. The van der Waals surface area contributed by atoms with Gasteiger partial charge in [0.25, 0.3) is 0 Å². The zero-order valence-electron chi connectivity index (χ0n) is 8.97. The van der Waals surface area contributed by atoms with Crippen LogP contribution in [0.1, 0.15) is 13.3 Å². The predicted octanol–water partition coefficient (Wildman–Crippen LogP) is 0.0258. The summed E-state index contributed by atoms with van der Waals surface area (Å²) in [4.78, 5) is -0.0313. The van der Waals surface area contributed by atoms with E-state index in [0.717, 1.165) is 0 Å². The molecule has 7 heteroatoms. The molecule has 1 rings (SSSR count). The van der Waals surface area contributed by atoms with Crippen molar-refractivity contribution in [2.75, 3.05) is 18.8 Å². The van der Waals surface area contributed by atoms with Crippen LogP contribution >= 0.6 is 0 Å². The Labute approximate surface area is 94.9 Å². The average molecular weight is 242 g/mol. The largest absolute Gasteiger partial charge is 0.383 e. The highest BCUT2D eigenvalue weighted by Crippen LogP contribution is 2.19. The lowest BCUT2D eigenvalue weighted by Gasteiger charge is -2.18. The highest BCUT2D eigenvalue weighted by atomic mass is 32.2. The van der Waals surface area contributed by atoms with E-state index in [9.17, 15) is 8.42 Å². The van der Waals surface area contributed by atoms with Gasteiger partial charge in [0.1, 0.15) is 10.7 Å². The zero-order chi connectivity index (χ0) is 12.2. The number of nitrogens with one attached hydrogen (secondary N) is 1. The third-order valence-electron chi connectivity index (χ3n) is 1.99. The van der Waals surface area contributed by atoms with Crippen LogP contribution in [-0.4, -0.2) is 36.0 Å². The van der Waals surface area contributed by atoms with Crippen molar-refractivity contribution in [1.82, 2.24) is 14.5 Å². The number of aromatic amines is 1. The van der Waals surface area contributed by atoms with Crippen molar-refractivity contribution in [3.8, 4) is 12.3 Å². The van der Waals surface area contributed by atoms with Gasteiger partial charge in [0.15, 0.2) is 0 Å². The Kier molecular flexibility index (Phi) is 3.93. The molecule has 3 N–H and O–H groups in total. The van der Waals surface area contributed by atoms with Crippen molar-refractivity contribution in [3.05, 3.63) is 6.20 Å². The number of H-pyrrole nitrogens is 1. The number of nitrogen functional groups attached to an aromatic ring is 1. The van der Waals surface area contributed by atoms with E-state index in [2.05, 4.69) is 16.1 Å². The van der Waals surface area contributed by atoms with E-state index in [4.69, 9.17) is 12.2 Å². The summed E-state index contributed by atoms with van der Waals surface area (Å²) < 4.78 is 25.4. The van der Waals surface area contributed by atoms with Gasteiger partial charge in [0, 0.05) is 6.54 Å². The Morgan fingerprint density at radius 3 is 2.81 bits per heavy atom. The zero-order valence-corrected chi connectivity index (χ0v) is 9.79. The Hall–Kier alpha value is -1.52. The summed E-state index contributed by atoms with van der Waals surface area (Å²) in [6.45, 7) is 2.26. The topological polar surface area (TPSA) is 92.1 Å². The van der Waals surface area contributed by atoms with Crippen LogP contribution in [0.15, 0.2) is 11.1 Å². The lowest BCUT2D eigenvalue weighted by atomic mass is 10.5. The number of nitrogens with two attached hydrogens (primary N) is 1. The molecule has 6 nitrogen and oxygen atoms in total. The van der Waals surface area contributed by atoms with Gasteiger partial charge in [-0.05, 0) is 6.42 Å². The normalized spacial score (nSPS) is 11.6. The minimum absolute atomic E-state index is 0.0260. The third-order valence-corrected chi connectivity index (χ3v) is 3.86. The van der Waals surface area contributed by atoms with Gasteiger partial charge in [-0.3, -0.25) is 5.10 Å². The van der Waals surface area contributed by atoms with Crippen molar-refractivity contribution in [2.24, 2.45) is 0 Å². The molecule has 0 bridgehead atoms. The summed E-state index contributed by atoms with van der Waals surface area (Å²) in [7, 11) is -3.64. The first-order valence-corrected chi connectivity index (χ1v) is 6.20. The van der Waals surface area contributed by atoms with Gasteiger partial charge in [-0.15, -0.1) is 6.42 Å². The number of sulfonamides is 1. The molecule has 16 heavy (non-hydrogen) atoms. The van der Waals surface area contributed by atoms with Gasteiger partial charge in [-0.2, -0.15) is 9.40 Å². The summed E-state index contributed by atoms with van der Waals surface area (Å²) in [6, 6.07) is 0. The van der Waals surface area contributed by atoms with E-state index in [1.54, 1.807) is 0 Å². The highest BCUT2D eigenvalue weighted by molar-refractivity contribution is 7.89. The number of rotatable bonds is 5. The second-order valence-corrected chi connectivity index (χ2v) is 5.10. The van der Waals surface area contributed by atoms with Crippen molar-refractivity contribution >= 4 is 15.8 Å².